The van der Waals surface area contributed by atoms with Crippen LogP contribution in [0.1, 0.15) is 29.7 Å². The normalized spacial score (nSPS) is 12.8. The minimum Gasteiger partial charge on any atom is -0.271 e. The molecule has 0 spiro atoms. The van der Waals surface area contributed by atoms with Gasteiger partial charge in [0.15, 0.2) is 0 Å². The van der Waals surface area contributed by atoms with Gasteiger partial charge in [0.25, 0.3) is 0 Å². The minimum atomic E-state index is 0.258. The Morgan fingerprint density at radius 2 is 1.87 bits per heavy atom. The van der Waals surface area contributed by atoms with Gasteiger partial charge in [-0.15, -0.1) is 0 Å². The second-order valence-electron chi connectivity index (χ2n) is 3.80. The number of thioether (sulfide) groups is 1. The molecule has 0 radical (unpaired) electrons. The highest BCUT2D eigenvalue weighted by Crippen LogP contribution is 2.20. The first-order valence-electron chi connectivity index (χ1n) is 5.29. The first-order chi connectivity index (χ1) is 7.17. The summed E-state index contributed by atoms with van der Waals surface area (Å²) in [6.07, 6.45) is 0. The van der Waals surface area contributed by atoms with Gasteiger partial charge in [0.05, 0.1) is 6.04 Å². The van der Waals surface area contributed by atoms with Gasteiger partial charge in [0, 0.05) is 5.75 Å². The van der Waals surface area contributed by atoms with Gasteiger partial charge in [0.1, 0.15) is 0 Å². The van der Waals surface area contributed by atoms with Gasteiger partial charge in [-0.1, -0.05) is 36.2 Å². The summed E-state index contributed by atoms with van der Waals surface area (Å²) in [5, 5.41) is 0. The van der Waals surface area contributed by atoms with E-state index in [4.69, 9.17) is 5.84 Å². The lowest BCUT2D eigenvalue weighted by Crippen LogP contribution is -2.29. The monoisotopic (exact) mass is 224 g/mol. The summed E-state index contributed by atoms with van der Waals surface area (Å²) in [5.74, 6) is 7.73. The lowest BCUT2D eigenvalue weighted by molar-refractivity contribution is 0.610. The first-order valence-corrected chi connectivity index (χ1v) is 6.45. The summed E-state index contributed by atoms with van der Waals surface area (Å²) in [6, 6.07) is 6.85. The van der Waals surface area contributed by atoms with Crippen LogP contribution in [0.15, 0.2) is 18.2 Å². The maximum Gasteiger partial charge on any atom is 0.0550 e. The van der Waals surface area contributed by atoms with E-state index in [1.807, 2.05) is 11.8 Å². The number of nitrogens with one attached hydrogen (secondary N) is 1. The Labute approximate surface area is 96.6 Å². The number of rotatable bonds is 5. The average Bonchev–Trinajstić information content (AvgIpc) is 2.17. The third kappa shape index (κ3) is 3.86. The fourth-order valence-corrected chi connectivity index (χ4v) is 2.45. The molecule has 1 rings (SSSR count). The summed E-state index contributed by atoms with van der Waals surface area (Å²) in [7, 11) is 0. The van der Waals surface area contributed by atoms with E-state index < -0.39 is 0 Å². The predicted octanol–water partition coefficient (Wildman–Crippen LogP) is 2.56. The van der Waals surface area contributed by atoms with Crippen molar-refractivity contribution in [3.05, 3.63) is 34.9 Å². The maximum absolute atomic E-state index is 5.58. The average molecular weight is 224 g/mol. The molecule has 1 unspecified atom stereocenters. The van der Waals surface area contributed by atoms with E-state index in [-0.39, 0.29) is 6.04 Å². The summed E-state index contributed by atoms with van der Waals surface area (Å²) in [4.78, 5) is 0. The minimum absolute atomic E-state index is 0.258. The number of aryl methyl sites for hydroxylation is 2. The molecule has 0 heterocycles. The van der Waals surface area contributed by atoms with Crippen molar-refractivity contribution in [2.75, 3.05) is 11.5 Å². The Hall–Kier alpha value is -0.510. The SMILES string of the molecule is CCSCC(NN)c1cc(C)cc(C)c1. The fourth-order valence-electron chi connectivity index (χ4n) is 1.69. The summed E-state index contributed by atoms with van der Waals surface area (Å²) < 4.78 is 0. The van der Waals surface area contributed by atoms with Gasteiger partial charge in [0.2, 0.25) is 0 Å². The summed E-state index contributed by atoms with van der Waals surface area (Å²) in [5.41, 5.74) is 6.77. The molecule has 0 aliphatic carbocycles. The van der Waals surface area contributed by atoms with Crippen molar-refractivity contribution >= 4 is 11.8 Å². The van der Waals surface area contributed by atoms with Crippen molar-refractivity contribution in [1.29, 1.82) is 0 Å². The number of hydrogen-bond donors (Lipinski definition) is 2. The van der Waals surface area contributed by atoms with Crippen LogP contribution in [0.3, 0.4) is 0 Å². The molecule has 0 fully saturated rings. The largest absolute Gasteiger partial charge is 0.271 e. The van der Waals surface area contributed by atoms with Crippen LogP contribution in [0.25, 0.3) is 0 Å². The summed E-state index contributed by atoms with van der Waals surface area (Å²) in [6.45, 7) is 6.41. The molecule has 0 aliphatic rings. The predicted molar refractivity (Wildman–Crippen MR) is 69.0 cm³/mol. The number of hydrazine groups is 1. The zero-order valence-corrected chi connectivity index (χ0v) is 10.5. The molecule has 0 amide bonds. The highest BCUT2D eigenvalue weighted by Gasteiger charge is 2.09. The molecule has 0 saturated heterocycles. The van der Waals surface area contributed by atoms with Crippen LogP contribution in [0.2, 0.25) is 0 Å². The summed E-state index contributed by atoms with van der Waals surface area (Å²) >= 11 is 1.90. The van der Waals surface area contributed by atoms with Gasteiger partial charge >= 0.3 is 0 Å². The van der Waals surface area contributed by atoms with Crippen LogP contribution < -0.4 is 11.3 Å². The number of hydrogen-bond acceptors (Lipinski definition) is 3. The topological polar surface area (TPSA) is 38.0 Å². The van der Waals surface area contributed by atoms with E-state index in [0.29, 0.717) is 0 Å². The second-order valence-corrected chi connectivity index (χ2v) is 5.12. The molecule has 1 aromatic rings. The first kappa shape index (κ1) is 12.6. The Bertz CT molecular complexity index is 292. The molecule has 2 nitrogen and oxygen atoms in total. The zero-order chi connectivity index (χ0) is 11.3. The van der Waals surface area contributed by atoms with Gasteiger partial charge in [-0.2, -0.15) is 11.8 Å². The van der Waals surface area contributed by atoms with Gasteiger partial charge < -0.3 is 0 Å². The van der Waals surface area contributed by atoms with E-state index in [9.17, 15) is 0 Å². The van der Waals surface area contributed by atoms with Gasteiger partial charge in [-0.3, -0.25) is 11.3 Å². The van der Waals surface area contributed by atoms with E-state index in [0.717, 1.165) is 11.5 Å². The lowest BCUT2D eigenvalue weighted by Gasteiger charge is -2.16. The van der Waals surface area contributed by atoms with E-state index >= 15 is 0 Å². The zero-order valence-electron chi connectivity index (χ0n) is 9.71. The quantitative estimate of drug-likeness (QED) is 0.596. The molecule has 15 heavy (non-hydrogen) atoms. The van der Waals surface area contributed by atoms with Crippen molar-refractivity contribution in [3.63, 3.8) is 0 Å². The fraction of sp³-hybridized carbons (Fsp3) is 0.500. The smallest absolute Gasteiger partial charge is 0.0550 e. The van der Waals surface area contributed by atoms with Crippen LogP contribution in [-0.2, 0) is 0 Å². The Balaban J connectivity index is 2.81. The van der Waals surface area contributed by atoms with Crippen molar-refractivity contribution in [1.82, 2.24) is 5.43 Å². The van der Waals surface area contributed by atoms with Gasteiger partial charge in [-0.25, -0.2) is 0 Å². The molecule has 3 N–H and O–H groups in total. The highest BCUT2D eigenvalue weighted by molar-refractivity contribution is 7.99. The van der Waals surface area contributed by atoms with Crippen molar-refractivity contribution < 1.29 is 0 Å². The molecule has 0 bridgehead atoms. The molecule has 3 heteroatoms. The van der Waals surface area contributed by atoms with E-state index in [1.165, 1.54) is 16.7 Å². The Morgan fingerprint density at radius 3 is 2.33 bits per heavy atom. The van der Waals surface area contributed by atoms with Crippen LogP contribution in [0.5, 0.6) is 0 Å². The highest BCUT2D eigenvalue weighted by atomic mass is 32.2. The maximum atomic E-state index is 5.58. The van der Waals surface area contributed by atoms with Crippen LogP contribution >= 0.6 is 11.8 Å². The van der Waals surface area contributed by atoms with Crippen molar-refractivity contribution in [3.8, 4) is 0 Å². The molecule has 0 saturated carbocycles. The van der Waals surface area contributed by atoms with Crippen molar-refractivity contribution in [2.24, 2.45) is 5.84 Å². The van der Waals surface area contributed by atoms with Gasteiger partial charge in [-0.05, 0) is 25.2 Å². The molecular formula is C12H20N2S. The van der Waals surface area contributed by atoms with Crippen LogP contribution in [-0.4, -0.2) is 11.5 Å². The molecule has 1 aromatic carbocycles. The molecule has 0 aromatic heterocycles. The van der Waals surface area contributed by atoms with Crippen LogP contribution in [0, 0.1) is 13.8 Å². The number of nitrogens with two attached hydrogens (primary N) is 1. The van der Waals surface area contributed by atoms with Crippen molar-refractivity contribution in [2.45, 2.75) is 26.8 Å². The van der Waals surface area contributed by atoms with E-state index in [1.54, 1.807) is 0 Å². The molecule has 1 atom stereocenters. The lowest BCUT2D eigenvalue weighted by atomic mass is 10.0. The third-order valence-corrected chi connectivity index (χ3v) is 3.31. The molecule has 84 valence electrons. The molecule has 0 aliphatic heterocycles. The second kappa shape index (κ2) is 6.16. The Morgan fingerprint density at radius 1 is 1.27 bits per heavy atom. The van der Waals surface area contributed by atoms with Crippen LogP contribution in [0.4, 0.5) is 0 Å². The number of benzene rings is 1. The molecular weight excluding hydrogens is 204 g/mol. The Kier molecular flexibility index (Phi) is 5.15. The standard InChI is InChI=1S/C12H20N2S/c1-4-15-8-12(14-13)11-6-9(2)5-10(3)7-11/h5-7,12,14H,4,8,13H2,1-3H3. The van der Waals surface area contributed by atoms with E-state index in [2.05, 4.69) is 44.4 Å². The third-order valence-electron chi connectivity index (χ3n) is 2.34.